The highest BCUT2D eigenvalue weighted by atomic mass is 35.5. The molecular formula is C18H19Cl2N5O4. The number of alkyl halides is 2. The summed E-state index contributed by atoms with van der Waals surface area (Å²) in [5, 5.41) is 26.0. The van der Waals surface area contributed by atoms with E-state index in [4.69, 9.17) is 23.2 Å². The van der Waals surface area contributed by atoms with E-state index >= 15 is 0 Å². The summed E-state index contributed by atoms with van der Waals surface area (Å²) in [5.74, 6) is 0.967. The van der Waals surface area contributed by atoms with Crippen molar-refractivity contribution in [1.82, 2.24) is 0 Å². The molecule has 0 aliphatic heterocycles. The maximum absolute atomic E-state index is 11.1. The van der Waals surface area contributed by atoms with E-state index in [-0.39, 0.29) is 11.4 Å². The molecule has 0 atom stereocenters. The second-order valence-electron chi connectivity index (χ2n) is 6.00. The summed E-state index contributed by atoms with van der Waals surface area (Å²) in [5.41, 5.74) is 4.63. The van der Waals surface area contributed by atoms with Gasteiger partial charge < -0.3 is 4.90 Å². The number of rotatable bonds is 10. The Balaban J connectivity index is 2.17. The van der Waals surface area contributed by atoms with Crippen LogP contribution in [0.3, 0.4) is 0 Å². The van der Waals surface area contributed by atoms with Crippen molar-refractivity contribution >= 4 is 52.2 Å². The molecule has 11 heteroatoms. The zero-order valence-electron chi connectivity index (χ0n) is 15.5. The lowest BCUT2D eigenvalue weighted by Gasteiger charge is -2.25. The summed E-state index contributed by atoms with van der Waals surface area (Å²) in [7, 11) is 0. The molecule has 0 spiro atoms. The lowest BCUT2D eigenvalue weighted by atomic mass is 10.1. The molecule has 0 amide bonds. The van der Waals surface area contributed by atoms with Crippen LogP contribution in [0.4, 0.5) is 22.7 Å². The van der Waals surface area contributed by atoms with E-state index in [9.17, 15) is 20.2 Å². The van der Waals surface area contributed by atoms with Gasteiger partial charge >= 0.3 is 5.69 Å². The Hall–Kier alpha value is -2.91. The second-order valence-corrected chi connectivity index (χ2v) is 6.75. The number of nitro benzene ring substituents is 2. The molecular weight excluding hydrogens is 421 g/mol. The highest BCUT2D eigenvalue weighted by molar-refractivity contribution is 6.18. The standard InChI is InChI=1S/C18H19Cl2N5O4/c1-13-10-14(2-5-17(13)23(8-6-19)9-7-20)12-21-22-16-4-3-15(24(26)27)11-18(16)25(28)29/h2-5,10-12,22H,6-9H2,1H3. The zero-order valence-corrected chi connectivity index (χ0v) is 17.1. The minimum absolute atomic E-state index is 0.0561. The van der Waals surface area contributed by atoms with Gasteiger partial charge in [0, 0.05) is 36.6 Å². The Bertz CT molecular complexity index is 917. The van der Waals surface area contributed by atoms with E-state index in [0.717, 1.165) is 22.9 Å². The Kier molecular flexibility index (Phi) is 8.17. The van der Waals surface area contributed by atoms with Crippen LogP contribution in [0, 0.1) is 27.2 Å². The summed E-state index contributed by atoms with van der Waals surface area (Å²) in [4.78, 5) is 22.6. The van der Waals surface area contributed by atoms with Crippen LogP contribution in [0.1, 0.15) is 11.1 Å². The maximum atomic E-state index is 11.1. The van der Waals surface area contributed by atoms with Crippen molar-refractivity contribution in [2.45, 2.75) is 6.92 Å². The van der Waals surface area contributed by atoms with Gasteiger partial charge in [-0.3, -0.25) is 25.7 Å². The normalized spacial score (nSPS) is 10.9. The summed E-state index contributed by atoms with van der Waals surface area (Å²) >= 11 is 11.7. The second kappa shape index (κ2) is 10.6. The molecule has 2 rings (SSSR count). The van der Waals surface area contributed by atoms with Gasteiger partial charge in [0.1, 0.15) is 5.69 Å². The van der Waals surface area contributed by atoms with E-state index in [2.05, 4.69) is 15.4 Å². The Morgan fingerprint density at radius 2 is 1.76 bits per heavy atom. The van der Waals surface area contributed by atoms with Gasteiger partial charge in [-0.15, -0.1) is 23.2 Å². The molecule has 0 aliphatic carbocycles. The van der Waals surface area contributed by atoms with Crippen LogP contribution in [0.15, 0.2) is 41.5 Å². The lowest BCUT2D eigenvalue weighted by Crippen LogP contribution is -2.28. The maximum Gasteiger partial charge on any atom is 0.301 e. The third-order valence-corrected chi connectivity index (χ3v) is 4.40. The van der Waals surface area contributed by atoms with Crippen LogP contribution < -0.4 is 10.3 Å². The van der Waals surface area contributed by atoms with Gasteiger partial charge in [-0.25, -0.2) is 0 Å². The average Bonchev–Trinajstić information content (AvgIpc) is 2.68. The lowest BCUT2D eigenvalue weighted by molar-refractivity contribution is -0.393. The molecule has 0 fully saturated rings. The van der Waals surface area contributed by atoms with Crippen molar-refractivity contribution in [3.05, 3.63) is 67.8 Å². The van der Waals surface area contributed by atoms with Crippen LogP contribution >= 0.6 is 23.2 Å². The van der Waals surface area contributed by atoms with Crippen LogP contribution in [0.25, 0.3) is 0 Å². The highest BCUT2D eigenvalue weighted by Crippen LogP contribution is 2.29. The molecule has 0 radical (unpaired) electrons. The van der Waals surface area contributed by atoms with Crippen molar-refractivity contribution in [2.24, 2.45) is 5.10 Å². The Labute approximate surface area is 177 Å². The minimum Gasteiger partial charge on any atom is -0.369 e. The molecule has 29 heavy (non-hydrogen) atoms. The molecule has 0 saturated carbocycles. The highest BCUT2D eigenvalue weighted by Gasteiger charge is 2.19. The number of aryl methyl sites for hydroxylation is 1. The first-order valence-corrected chi connectivity index (χ1v) is 9.63. The predicted octanol–water partition coefficient (Wildman–Crippen LogP) is 4.54. The van der Waals surface area contributed by atoms with Gasteiger partial charge in [0.15, 0.2) is 0 Å². The van der Waals surface area contributed by atoms with Crippen LogP contribution in [-0.4, -0.2) is 40.9 Å². The number of nitro groups is 2. The number of halogens is 2. The quantitative estimate of drug-likeness (QED) is 0.251. The molecule has 0 heterocycles. The number of benzene rings is 2. The molecule has 0 unspecified atom stereocenters. The zero-order chi connectivity index (χ0) is 21.4. The van der Waals surface area contributed by atoms with Crippen molar-refractivity contribution in [3.63, 3.8) is 0 Å². The fourth-order valence-corrected chi connectivity index (χ4v) is 3.13. The van der Waals surface area contributed by atoms with E-state index in [1.165, 1.54) is 18.3 Å². The molecule has 0 saturated heterocycles. The molecule has 2 aromatic carbocycles. The number of nitrogens with zero attached hydrogens (tertiary/aromatic N) is 4. The third-order valence-electron chi connectivity index (χ3n) is 4.06. The number of hydrazone groups is 1. The van der Waals surface area contributed by atoms with Gasteiger partial charge in [-0.1, -0.05) is 6.07 Å². The van der Waals surface area contributed by atoms with Crippen LogP contribution in [0.5, 0.6) is 0 Å². The van der Waals surface area contributed by atoms with Crippen molar-refractivity contribution < 1.29 is 9.85 Å². The fourth-order valence-electron chi connectivity index (χ4n) is 2.73. The average molecular weight is 440 g/mol. The fraction of sp³-hybridized carbons (Fsp3) is 0.278. The number of non-ortho nitro benzene ring substituents is 1. The molecule has 1 N–H and O–H groups in total. The topological polar surface area (TPSA) is 114 Å². The van der Waals surface area contributed by atoms with Crippen molar-refractivity contribution in [3.8, 4) is 0 Å². The molecule has 154 valence electrons. The number of hydrogen-bond donors (Lipinski definition) is 1. The van der Waals surface area contributed by atoms with E-state index in [1.54, 1.807) is 0 Å². The summed E-state index contributed by atoms with van der Waals surface area (Å²) < 4.78 is 0. The Morgan fingerprint density at radius 3 is 2.31 bits per heavy atom. The van der Waals surface area contributed by atoms with E-state index < -0.39 is 15.5 Å². The van der Waals surface area contributed by atoms with E-state index in [0.29, 0.717) is 24.8 Å². The molecule has 2 aromatic rings. The van der Waals surface area contributed by atoms with Gasteiger partial charge in [0.05, 0.1) is 22.1 Å². The number of anilines is 2. The van der Waals surface area contributed by atoms with Crippen molar-refractivity contribution in [1.29, 1.82) is 0 Å². The van der Waals surface area contributed by atoms with Gasteiger partial charge in [-0.05, 0) is 36.2 Å². The van der Waals surface area contributed by atoms with Gasteiger partial charge in [0.2, 0.25) is 0 Å². The number of nitrogens with one attached hydrogen (secondary N) is 1. The molecule has 0 aromatic heterocycles. The van der Waals surface area contributed by atoms with Crippen LogP contribution in [0.2, 0.25) is 0 Å². The summed E-state index contributed by atoms with van der Waals surface area (Å²) in [6.45, 7) is 3.30. The first kappa shape index (κ1) is 22.4. The van der Waals surface area contributed by atoms with Gasteiger partial charge in [0.25, 0.3) is 5.69 Å². The Morgan fingerprint density at radius 1 is 1.07 bits per heavy atom. The van der Waals surface area contributed by atoms with Crippen molar-refractivity contribution in [2.75, 3.05) is 35.2 Å². The van der Waals surface area contributed by atoms with Gasteiger partial charge in [-0.2, -0.15) is 5.10 Å². The molecule has 0 bridgehead atoms. The largest absolute Gasteiger partial charge is 0.369 e. The summed E-state index contributed by atoms with van der Waals surface area (Å²) in [6, 6.07) is 9.01. The molecule has 0 aliphatic rings. The first-order valence-electron chi connectivity index (χ1n) is 8.56. The first-order chi connectivity index (χ1) is 13.9. The molecule has 9 nitrogen and oxygen atoms in total. The minimum atomic E-state index is -0.702. The smallest absolute Gasteiger partial charge is 0.301 e. The van der Waals surface area contributed by atoms with Crippen LogP contribution in [-0.2, 0) is 0 Å². The van der Waals surface area contributed by atoms with E-state index in [1.807, 2.05) is 25.1 Å². The third kappa shape index (κ3) is 6.03. The number of hydrogen-bond acceptors (Lipinski definition) is 7. The summed E-state index contributed by atoms with van der Waals surface area (Å²) in [6.07, 6.45) is 1.51. The SMILES string of the molecule is Cc1cc(C=NNc2ccc([N+](=O)[O-])cc2[N+](=O)[O-])ccc1N(CCCl)CCCl. The predicted molar refractivity (Wildman–Crippen MR) is 116 cm³/mol. The monoisotopic (exact) mass is 439 g/mol.